The van der Waals surface area contributed by atoms with E-state index in [0.29, 0.717) is 40.7 Å². The zero-order chi connectivity index (χ0) is 23.2. The molecular formula is C26H27FN6O. The van der Waals surface area contributed by atoms with Crippen LogP contribution in [0, 0.1) is 18.7 Å². The van der Waals surface area contributed by atoms with Gasteiger partial charge >= 0.3 is 6.01 Å². The Labute approximate surface area is 197 Å². The van der Waals surface area contributed by atoms with Gasteiger partial charge in [0.2, 0.25) is 0 Å². The van der Waals surface area contributed by atoms with Crippen molar-refractivity contribution < 1.29 is 9.13 Å². The summed E-state index contributed by atoms with van der Waals surface area (Å²) in [4.78, 5) is 20.3. The number of imidazole rings is 1. The Bertz CT molecular complexity index is 1340. The number of benzene rings is 1. The molecule has 3 aliphatic rings. The summed E-state index contributed by atoms with van der Waals surface area (Å²) >= 11 is 0. The van der Waals surface area contributed by atoms with E-state index >= 15 is 0 Å². The summed E-state index contributed by atoms with van der Waals surface area (Å²) < 4.78 is 21.3. The molecule has 0 radical (unpaired) electrons. The van der Waals surface area contributed by atoms with Gasteiger partial charge in [0.05, 0.1) is 25.5 Å². The lowest BCUT2D eigenvalue weighted by Gasteiger charge is -2.45. The minimum Gasteiger partial charge on any atom is -0.467 e. The van der Waals surface area contributed by atoms with Crippen molar-refractivity contribution in [2.24, 2.45) is 5.92 Å². The Morgan fingerprint density at radius 2 is 1.85 bits per heavy atom. The monoisotopic (exact) mass is 458 g/mol. The quantitative estimate of drug-likeness (QED) is 0.447. The number of aromatic nitrogens is 5. The Morgan fingerprint density at radius 1 is 1.06 bits per heavy atom. The van der Waals surface area contributed by atoms with E-state index in [2.05, 4.69) is 44.1 Å². The second-order valence-electron chi connectivity index (χ2n) is 9.37. The van der Waals surface area contributed by atoms with Gasteiger partial charge in [0.25, 0.3) is 0 Å². The van der Waals surface area contributed by atoms with Crippen LogP contribution in [-0.4, -0.2) is 56.1 Å². The van der Waals surface area contributed by atoms with E-state index in [4.69, 9.17) is 9.72 Å². The van der Waals surface area contributed by atoms with Gasteiger partial charge in [-0.3, -0.25) is 4.98 Å². The number of aryl methyl sites for hydroxylation is 1. The maximum atomic E-state index is 14.0. The summed E-state index contributed by atoms with van der Waals surface area (Å²) in [6.45, 7) is 6.08. The molecule has 0 N–H and O–H groups in total. The van der Waals surface area contributed by atoms with Crippen molar-refractivity contribution in [3.63, 3.8) is 0 Å². The van der Waals surface area contributed by atoms with Crippen molar-refractivity contribution >= 4 is 11.2 Å². The van der Waals surface area contributed by atoms with Gasteiger partial charge in [0.1, 0.15) is 17.2 Å². The number of pyridine rings is 1. The molecule has 3 aromatic heterocycles. The van der Waals surface area contributed by atoms with E-state index in [-0.39, 0.29) is 6.01 Å². The topological polar surface area (TPSA) is 69.0 Å². The van der Waals surface area contributed by atoms with Crippen molar-refractivity contribution in [1.82, 2.24) is 29.4 Å². The number of nitrogens with zero attached hydrogens (tertiary/aromatic N) is 6. The van der Waals surface area contributed by atoms with Crippen LogP contribution in [0.4, 0.5) is 4.39 Å². The Hall–Kier alpha value is -3.39. The van der Waals surface area contributed by atoms with E-state index in [1.165, 1.54) is 50.3 Å². The fourth-order valence-electron chi connectivity index (χ4n) is 5.50. The molecule has 34 heavy (non-hydrogen) atoms. The van der Waals surface area contributed by atoms with Gasteiger partial charge in [-0.2, -0.15) is 9.97 Å². The summed E-state index contributed by atoms with van der Waals surface area (Å²) in [6.07, 6.45) is 5.42. The van der Waals surface area contributed by atoms with E-state index in [0.717, 1.165) is 11.5 Å². The first kappa shape index (κ1) is 21.2. The molecule has 1 aromatic carbocycles. The van der Waals surface area contributed by atoms with Crippen molar-refractivity contribution in [2.75, 3.05) is 26.7 Å². The highest BCUT2D eigenvalue weighted by Gasteiger charge is 2.34. The minimum atomic E-state index is -0.404. The molecule has 3 aliphatic heterocycles. The van der Waals surface area contributed by atoms with Crippen LogP contribution in [-0.2, 0) is 6.54 Å². The molecule has 6 heterocycles. The lowest BCUT2D eigenvalue weighted by atomic mass is 9.75. The average molecular weight is 459 g/mol. The molecule has 3 saturated heterocycles. The van der Waals surface area contributed by atoms with Crippen LogP contribution in [0.3, 0.4) is 0 Å². The number of ether oxygens (including phenoxy) is 1. The number of piperidine rings is 3. The molecule has 8 heteroatoms. The maximum absolute atomic E-state index is 14.0. The molecule has 7 rings (SSSR count). The number of halogens is 1. The molecule has 2 bridgehead atoms. The third-order valence-electron chi connectivity index (χ3n) is 7.30. The number of hydrogen-bond donors (Lipinski definition) is 0. The summed E-state index contributed by atoms with van der Waals surface area (Å²) in [6, 6.07) is 10.7. The fourth-order valence-corrected chi connectivity index (χ4v) is 5.50. The molecule has 0 amide bonds. The Morgan fingerprint density at radius 3 is 2.53 bits per heavy atom. The van der Waals surface area contributed by atoms with Crippen molar-refractivity contribution in [3.8, 4) is 17.4 Å². The molecular weight excluding hydrogens is 431 g/mol. The molecule has 0 unspecified atom stereocenters. The van der Waals surface area contributed by atoms with E-state index in [1.54, 1.807) is 13.3 Å². The number of rotatable bonds is 5. The summed E-state index contributed by atoms with van der Waals surface area (Å²) in [7, 11) is 1.55. The first-order valence-electron chi connectivity index (χ1n) is 11.8. The van der Waals surface area contributed by atoms with Gasteiger partial charge < -0.3 is 14.2 Å². The van der Waals surface area contributed by atoms with E-state index in [1.807, 2.05) is 11.5 Å². The predicted octanol–water partition coefficient (Wildman–Crippen LogP) is 4.20. The molecule has 3 fully saturated rings. The standard InChI is InChI=1S/C26H27FN6O/c1-16-23-25(31-26(29-16)34-2)33(24(30-23)20-11-21(27)13-28-12-20)14-17-3-5-18(6-4-17)22-15-32-9-7-19(22)8-10-32/h3-6,11-13,19,22H,7-10,14-15H2,1-2H3/t22-/m0/s1. The van der Waals surface area contributed by atoms with Gasteiger partial charge in [-0.25, -0.2) is 9.37 Å². The van der Waals surface area contributed by atoms with Crippen LogP contribution in [0.1, 0.15) is 35.6 Å². The normalized spacial score (nSPS) is 21.8. The van der Waals surface area contributed by atoms with Crippen LogP contribution >= 0.6 is 0 Å². The molecule has 174 valence electrons. The molecule has 7 nitrogen and oxygen atoms in total. The third kappa shape index (κ3) is 3.72. The van der Waals surface area contributed by atoms with Crippen LogP contribution in [0.2, 0.25) is 0 Å². The second kappa shape index (κ2) is 8.43. The summed E-state index contributed by atoms with van der Waals surface area (Å²) in [5.74, 6) is 1.62. The Kier molecular flexibility index (Phi) is 5.25. The van der Waals surface area contributed by atoms with Crippen molar-refractivity contribution in [2.45, 2.75) is 32.2 Å². The maximum Gasteiger partial charge on any atom is 0.318 e. The second-order valence-corrected chi connectivity index (χ2v) is 9.37. The van der Waals surface area contributed by atoms with Gasteiger partial charge in [-0.05, 0) is 61.9 Å². The lowest BCUT2D eigenvalue weighted by molar-refractivity contribution is 0.0871. The van der Waals surface area contributed by atoms with Crippen LogP contribution in [0.5, 0.6) is 6.01 Å². The van der Waals surface area contributed by atoms with Crippen LogP contribution < -0.4 is 4.74 Å². The van der Waals surface area contributed by atoms with Gasteiger partial charge in [0, 0.05) is 18.3 Å². The zero-order valence-corrected chi connectivity index (χ0v) is 19.4. The zero-order valence-electron chi connectivity index (χ0n) is 19.4. The molecule has 1 atom stereocenters. The highest BCUT2D eigenvalue weighted by molar-refractivity contribution is 5.79. The highest BCUT2D eigenvalue weighted by atomic mass is 19.1. The van der Waals surface area contributed by atoms with Crippen LogP contribution in [0.25, 0.3) is 22.6 Å². The first-order valence-corrected chi connectivity index (χ1v) is 11.8. The Balaban J connectivity index is 1.39. The number of hydrogen-bond acceptors (Lipinski definition) is 6. The van der Waals surface area contributed by atoms with Gasteiger partial charge in [-0.15, -0.1) is 0 Å². The number of methoxy groups -OCH3 is 1. The largest absolute Gasteiger partial charge is 0.467 e. The fraction of sp³-hybridized carbons (Fsp3) is 0.385. The SMILES string of the molecule is COc1nc(C)c2nc(-c3cncc(F)c3)n(Cc3ccc([C@@H]4CN5CCC4CC5)cc3)c2n1. The van der Waals surface area contributed by atoms with Crippen molar-refractivity contribution in [3.05, 3.63) is 65.4 Å². The summed E-state index contributed by atoms with van der Waals surface area (Å²) in [5.41, 5.74) is 5.19. The smallest absolute Gasteiger partial charge is 0.318 e. The molecule has 4 aromatic rings. The first-order chi connectivity index (χ1) is 16.6. The van der Waals surface area contributed by atoms with Crippen LogP contribution in [0.15, 0.2) is 42.7 Å². The third-order valence-corrected chi connectivity index (χ3v) is 7.30. The highest BCUT2D eigenvalue weighted by Crippen LogP contribution is 2.39. The van der Waals surface area contributed by atoms with E-state index in [9.17, 15) is 4.39 Å². The van der Waals surface area contributed by atoms with Crippen molar-refractivity contribution in [1.29, 1.82) is 0 Å². The summed E-state index contributed by atoms with van der Waals surface area (Å²) in [5, 5.41) is 0. The van der Waals surface area contributed by atoms with Gasteiger partial charge in [0.15, 0.2) is 5.65 Å². The lowest BCUT2D eigenvalue weighted by Crippen LogP contribution is -2.46. The minimum absolute atomic E-state index is 0.285. The predicted molar refractivity (Wildman–Crippen MR) is 127 cm³/mol. The molecule has 0 spiro atoms. The molecule has 0 aliphatic carbocycles. The van der Waals surface area contributed by atoms with Gasteiger partial charge in [-0.1, -0.05) is 24.3 Å². The molecule has 0 saturated carbocycles. The number of fused-ring (bicyclic) bond motifs is 4. The van der Waals surface area contributed by atoms with E-state index < -0.39 is 5.82 Å². The average Bonchev–Trinajstić information content (AvgIpc) is 3.24.